The number of methoxy groups -OCH3 is 1. The van der Waals surface area contributed by atoms with E-state index in [4.69, 9.17) is 4.74 Å². The molecule has 0 saturated heterocycles. The minimum atomic E-state index is 0.905. The lowest BCUT2D eigenvalue weighted by Crippen LogP contribution is -2.20. The first-order valence-electron chi connectivity index (χ1n) is 6.55. The second-order valence-electron chi connectivity index (χ2n) is 4.80. The second-order valence-corrected chi connectivity index (χ2v) is 6.90. The first kappa shape index (κ1) is 12.3. The van der Waals surface area contributed by atoms with Gasteiger partial charge in [0.15, 0.2) is 5.17 Å². The summed E-state index contributed by atoms with van der Waals surface area (Å²) in [5.74, 6) is 0.956. The van der Waals surface area contributed by atoms with Gasteiger partial charge in [0.2, 0.25) is 0 Å². The summed E-state index contributed by atoms with van der Waals surface area (Å²) in [6.07, 6.45) is 0. The molecular formula is C15H14N2OS2. The van der Waals surface area contributed by atoms with E-state index in [1.54, 1.807) is 30.2 Å². The van der Waals surface area contributed by atoms with Crippen molar-refractivity contribution in [3.63, 3.8) is 0 Å². The fourth-order valence-electron chi connectivity index (χ4n) is 2.84. The van der Waals surface area contributed by atoms with E-state index in [2.05, 4.69) is 40.4 Å². The van der Waals surface area contributed by atoms with Crippen LogP contribution in [0.3, 0.4) is 0 Å². The van der Waals surface area contributed by atoms with Gasteiger partial charge in [-0.1, -0.05) is 11.8 Å². The number of amidine groups is 1. The molecule has 0 radical (unpaired) electrons. The molecule has 3 nitrogen and oxygen atoms in total. The SMILES string of the molecule is COc1ccc(C2=C(C)SC3=NCCN32)c2ccsc12. The van der Waals surface area contributed by atoms with Crippen LogP contribution < -0.4 is 4.74 Å². The molecule has 0 fully saturated rings. The maximum absolute atomic E-state index is 5.47. The predicted octanol–water partition coefficient (Wildman–Crippen LogP) is 4.02. The van der Waals surface area contributed by atoms with Gasteiger partial charge >= 0.3 is 0 Å². The number of thioether (sulfide) groups is 1. The Balaban J connectivity index is 1.93. The maximum atomic E-state index is 5.47. The van der Waals surface area contributed by atoms with Crippen molar-refractivity contribution in [3.05, 3.63) is 34.0 Å². The van der Waals surface area contributed by atoms with Gasteiger partial charge in [-0.05, 0) is 30.5 Å². The summed E-state index contributed by atoms with van der Waals surface area (Å²) in [6.45, 7) is 4.08. The van der Waals surface area contributed by atoms with E-state index < -0.39 is 0 Å². The molecule has 0 N–H and O–H groups in total. The molecule has 0 bridgehead atoms. The summed E-state index contributed by atoms with van der Waals surface area (Å²) < 4.78 is 6.69. The van der Waals surface area contributed by atoms with Crippen LogP contribution in [-0.2, 0) is 0 Å². The molecule has 1 aromatic heterocycles. The molecule has 0 amide bonds. The van der Waals surface area contributed by atoms with Crippen LogP contribution in [0.5, 0.6) is 5.75 Å². The van der Waals surface area contributed by atoms with E-state index in [1.165, 1.54) is 26.3 Å². The first-order chi connectivity index (χ1) is 9.79. The summed E-state index contributed by atoms with van der Waals surface area (Å²) in [5, 5.41) is 4.56. The Hall–Kier alpha value is -1.46. The van der Waals surface area contributed by atoms with Crippen molar-refractivity contribution in [2.45, 2.75) is 6.92 Å². The predicted molar refractivity (Wildman–Crippen MR) is 87.6 cm³/mol. The molecule has 4 rings (SSSR count). The lowest BCUT2D eigenvalue weighted by Gasteiger charge is -2.18. The average molecular weight is 302 g/mol. The van der Waals surface area contributed by atoms with Crippen LogP contribution >= 0.6 is 23.1 Å². The molecule has 5 heteroatoms. The van der Waals surface area contributed by atoms with Gasteiger partial charge in [-0.3, -0.25) is 4.99 Å². The number of aliphatic imine (C=N–C) groups is 1. The minimum absolute atomic E-state index is 0.905. The lowest BCUT2D eigenvalue weighted by atomic mass is 10.1. The summed E-state index contributed by atoms with van der Waals surface area (Å²) >= 11 is 3.52. The molecule has 0 unspecified atom stereocenters. The number of ether oxygens (including phenoxy) is 1. The third kappa shape index (κ3) is 1.63. The van der Waals surface area contributed by atoms with E-state index in [-0.39, 0.29) is 0 Å². The second kappa shape index (κ2) is 4.53. The number of hydrogen-bond donors (Lipinski definition) is 0. The zero-order valence-corrected chi connectivity index (χ0v) is 13.0. The summed E-state index contributed by atoms with van der Waals surface area (Å²) in [7, 11) is 1.73. The molecule has 2 aromatic rings. The maximum Gasteiger partial charge on any atom is 0.168 e. The fraction of sp³-hybridized carbons (Fsp3) is 0.267. The molecule has 2 aliphatic heterocycles. The lowest BCUT2D eigenvalue weighted by molar-refractivity contribution is 0.420. The Labute approximate surface area is 125 Å². The van der Waals surface area contributed by atoms with Gasteiger partial charge in [0.1, 0.15) is 5.75 Å². The Morgan fingerprint density at radius 3 is 3.05 bits per heavy atom. The Morgan fingerprint density at radius 2 is 2.20 bits per heavy atom. The quantitative estimate of drug-likeness (QED) is 0.837. The highest BCUT2D eigenvalue weighted by molar-refractivity contribution is 8.17. The highest BCUT2D eigenvalue weighted by Gasteiger charge is 2.31. The summed E-state index contributed by atoms with van der Waals surface area (Å²) in [6, 6.07) is 6.44. The molecule has 102 valence electrons. The van der Waals surface area contributed by atoms with Gasteiger partial charge < -0.3 is 9.64 Å². The Bertz CT molecular complexity index is 760. The third-order valence-corrected chi connectivity index (χ3v) is 5.67. The van der Waals surface area contributed by atoms with Crippen molar-refractivity contribution in [2.24, 2.45) is 4.99 Å². The van der Waals surface area contributed by atoms with Crippen molar-refractivity contribution in [1.82, 2.24) is 4.90 Å². The number of hydrogen-bond acceptors (Lipinski definition) is 5. The van der Waals surface area contributed by atoms with Gasteiger partial charge in [-0.2, -0.15) is 0 Å². The van der Waals surface area contributed by atoms with E-state index >= 15 is 0 Å². The fourth-order valence-corrected chi connectivity index (χ4v) is 4.79. The monoisotopic (exact) mass is 302 g/mol. The van der Waals surface area contributed by atoms with Crippen molar-refractivity contribution < 1.29 is 4.74 Å². The van der Waals surface area contributed by atoms with Gasteiger partial charge in [0.05, 0.1) is 24.1 Å². The standard InChI is InChI=1S/C15H14N2OS2/c1-9-13(17-7-6-16-15(17)20-9)10-3-4-12(18-2)14-11(10)5-8-19-14/h3-5,8H,6-7H2,1-2H3. The Morgan fingerprint density at radius 1 is 1.30 bits per heavy atom. The molecule has 0 spiro atoms. The van der Waals surface area contributed by atoms with Crippen LogP contribution in [-0.4, -0.2) is 30.3 Å². The van der Waals surface area contributed by atoms with E-state index in [0.29, 0.717) is 0 Å². The molecule has 0 saturated carbocycles. The highest BCUT2D eigenvalue weighted by atomic mass is 32.2. The highest BCUT2D eigenvalue weighted by Crippen LogP contribution is 2.45. The van der Waals surface area contributed by atoms with E-state index in [0.717, 1.165) is 24.0 Å². The summed E-state index contributed by atoms with van der Waals surface area (Å²) in [4.78, 5) is 8.25. The topological polar surface area (TPSA) is 24.8 Å². The van der Waals surface area contributed by atoms with Gasteiger partial charge in [-0.25, -0.2) is 0 Å². The van der Waals surface area contributed by atoms with E-state index in [1.807, 2.05) is 0 Å². The molecular weight excluding hydrogens is 288 g/mol. The van der Waals surface area contributed by atoms with Gasteiger partial charge in [0.25, 0.3) is 0 Å². The largest absolute Gasteiger partial charge is 0.495 e. The molecule has 2 aliphatic rings. The summed E-state index contributed by atoms with van der Waals surface area (Å²) in [5.41, 5.74) is 2.61. The average Bonchev–Trinajstić information content (AvgIpc) is 3.12. The molecule has 3 heterocycles. The number of benzene rings is 1. The zero-order chi connectivity index (χ0) is 13.7. The minimum Gasteiger partial charge on any atom is -0.495 e. The van der Waals surface area contributed by atoms with Crippen LogP contribution in [0, 0.1) is 0 Å². The van der Waals surface area contributed by atoms with Crippen LogP contribution in [0.1, 0.15) is 12.5 Å². The number of fused-ring (bicyclic) bond motifs is 2. The van der Waals surface area contributed by atoms with Crippen molar-refractivity contribution in [3.8, 4) is 5.75 Å². The number of allylic oxidation sites excluding steroid dienone is 1. The van der Waals surface area contributed by atoms with Crippen molar-refractivity contribution >= 4 is 44.0 Å². The van der Waals surface area contributed by atoms with Crippen LogP contribution in [0.2, 0.25) is 0 Å². The van der Waals surface area contributed by atoms with Crippen molar-refractivity contribution in [1.29, 1.82) is 0 Å². The van der Waals surface area contributed by atoms with Gasteiger partial charge in [0, 0.05) is 22.4 Å². The smallest absolute Gasteiger partial charge is 0.168 e. The molecule has 0 aliphatic carbocycles. The molecule has 0 atom stereocenters. The zero-order valence-electron chi connectivity index (χ0n) is 11.3. The normalized spacial score (nSPS) is 17.9. The number of nitrogens with zero attached hydrogens (tertiary/aromatic N) is 2. The third-order valence-electron chi connectivity index (χ3n) is 3.70. The molecule has 20 heavy (non-hydrogen) atoms. The van der Waals surface area contributed by atoms with Crippen LogP contribution in [0.25, 0.3) is 15.8 Å². The van der Waals surface area contributed by atoms with Gasteiger partial charge in [-0.15, -0.1) is 11.3 Å². The molecule has 1 aromatic carbocycles. The first-order valence-corrected chi connectivity index (χ1v) is 8.24. The van der Waals surface area contributed by atoms with Crippen LogP contribution in [0.4, 0.5) is 0 Å². The number of rotatable bonds is 2. The Kier molecular flexibility index (Phi) is 2.79. The van der Waals surface area contributed by atoms with E-state index in [9.17, 15) is 0 Å². The number of thiophene rings is 1. The van der Waals surface area contributed by atoms with Crippen LogP contribution in [0.15, 0.2) is 33.5 Å². The van der Waals surface area contributed by atoms with Crippen molar-refractivity contribution in [2.75, 3.05) is 20.2 Å².